The van der Waals surface area contributed by atoms with Gasteiger partial charge in [-0.25, -0.2) is 5.01 Å². The van der Waals surface area contributed by atoms with Crippen molar-refractivity contribution in [3.63, 3.8) is 0 Å². The number of carboxylic acids is 1. The standard InChI is InChI=1S/C20H19BrN2O4/c21-14-10-8-13(9-11-14)16-12-17(15-4-1-2-5-18(15)24)23(22-16)19(25)6-3-7-20(26)27/h1-2,4-5,8-11,17,24H,3,6-7,12H2,(H,26,27). The Hall–Kier alpha value is -2.67. The number of aromatic hydroxyl groups is 1. The van der Waals surface area contributed by atoms with Crippen LogP contribution in [0.15, 0.2) is 58.1 Å². The first-order chi connectivity index (χ1) is 13.0. The first kappa shape index (κ1) is 19.1. The number of benzene rings is 2. The lowest BCUT2D eigenvalue weighted by Gasteiger charge is -2.22. The third kappa shape index (κ3) is 4.54. The van der Waals surface area contributed by atoms with Crippen LogP contribution in [0.3, 0.4) is 0 Å². The lowest BCUT2D eigenvalue weighted by Crippen LogP contribution is -2.27. The fourth-order valence-electron chi connectivity index (χ4n) is 3.07. The van der Waals surface area contributed by atoms with Crippen molar-refractivity contribution < 1.29 is 19.8 Å². The minimum atomic E-state index is -0.930. The number of aliphatic carboxylic acids is 1. The molecule has 2 N–H and O–H groups in total. The largest absolute Gasteiger partial charge is 0.508 e. The minimum absolute atomic E-state index is 0.0654. The van der Waals surface area contributed by atoms with E-state index in [4.69, 9.17) is 5.11 Å². The summed E-state index contributed by atoms with van der Waals surface area (Å²) in [6.07, 6.45) is 0.753. The molecule has 27 heavy (non-hydrogen) atoms. The Bertz CT molecular complexity index is 880. The van der Waals surface area contributed by atoms with Crippen molar-refractivity contribution in [3.8, 4) is 5.75 Å². The van der Waals surface area contributed by atoms with Gasteiger partial charge in [0.15, 0.2) is 0 Å². The molecule has 2 aromatic carbocycles. The second-order valence-electron chi connectivity index (χ2n) is 6.32. The van der Waals surface area contributed by atoms with E-state index in [0.29, 0.717) is 12.0 Å². The predicted octanol–water partition coefficient (Wildman–Crippen LogP) is 4.09. The summed E-state index contributed by atoms with van der Waals surface area (Å²) in [5.41, 5.74) is 2.28. The maximum Gasteiger partial charge on any atom is 0.303 e. The Morgan fingerprint density at radius 1 is 1.11 bits per heavy atom. The fourth-order valence-corrected chi connectivity index (χ4v) is 3.34. The van der Waals surface area contributed by atoms with E-state index in [1.807, 2.05) is 24.3 Å². The Labute approximate surface area is 165 Å². The summed E-state index contributed by atoms with van der Waals surface area (Å²) < 4.78 is 0.948. The molecule has 6 nitrogen and oxygen atoms in total. The second kappa shape index (κ2) is 8.35. The van der Waals surface area contributed by atoms with Gasteiger partial charge < -0.3 is 10.2 Å². The van der Waals surface area contributed by atoms with Gasteiger partial charge in [0, 0.05) is 29.3 Å². The van der Waals surface area contributed by atoms with Gasteiger partial charge in [0.25, 0.3) is 0 Å². The highest BCUT2D eigenvalue weighted by atomic mass is 79.9. The first-order valence-corrected chi connectivity index (χ1v) is 9.40. The van der Waals surface area contributed by atoms with Crippen molar-refractivity contribution >= 4 is 33.5 Å². The smallest absolute Gasteiger partial charge is 0.303 e. The molecule has 2 aromatic rings. The highest BCUT2D eigenvalue weighted by Gasteiger charge is 2.34. The monoisotopic (exact) mass is 430 g/mol. The zero-order chi connectivity index (χ0) is 19.4. The molecule has 0 bridgehead atoms. The minimum Gasteiger partial charge on any atom is -0.508 e. The van der Waals surface area contributed by atoms with Gasteiger partial charge in [-0.3, -0.25) is 9.59 Å². The van der Waals surface area contributed by atoms with Gasteiger partial charge in [-0.05, 0) is 30.2 Å². The molecule has 1 amide bonds. The number of hydrogen-bond acceptors (Lipinski definition) is 4. The fraction of sp³-hybridized carbons (Fsp3) is 0.250. The molecule has 0 saturated carbocycles. The van der Waals surface area contributed by atoms with Crippen LogP contribution in [0.25, 0.3) is 0 Å². The molecule has 1 unspecified atom stereocenters. The number of halogens is 1. The molecule has 3 rings (SSSR count). The average molecular weight is 431 g/mol. The van der Waals surface area contributed by atoms with E-state index in [1.54, 1.807) is 24.3 Å². The predicted molar refractivity (Wildman–Crippen MR) is 104 cm³/mol. The topological polar surface area (TPSA) is 90.2 Å². The number of hydrogen-bond donors (Lipinski definition) is 2. The second-order valence-corrected chi connectivity index (χ2v) is 7.23. The quantitative estimate of drug-likeness (QED) is 0.721. The van der Waals surface area contributed by atoms with Gasteiger partial charge in [0.05, 0.1) is 11.8 Å². The molecule has 0 aliphatic carbocycles. The third-order valence-electron chi connectivity index (χ3n) is 4.42. The van der Waals surface area contributed by atoms with Gasteiger partial charge in [-0.15, -0.1) is 0 Å². The normalized spacial score (nSPS) is 16.3. The van der Waals surface area contributed by atoms with Crippen LogP contribution in [-0.2, 0) is 9.59 Å². The number of nitrogens with zero attached hydrogens (tertiary/aromatic N) is 2. The number of carboxylic acid groups (broad SMARTS) is 1. The summed E-state index contributed by atoms with van der Waals surface area (Å²) in [6.45, 7) is 0. The van der Waals surface area contributed by atoms with E-state index < -0.39 is 12.0 Å². The summed E-state index contributed by atoms with van der Waals surface area (Å²) in [5, 5.41) is 24.9. The van der Waals surface area contributed by atoms with Crippen molar-refractivity contribution in [2.75, 3.05) is 0 Å². The molecular formula is C20H19BrN2O4. The van der Waals surface area contributed by atoms with E-state index >= 15 is 0 Å². The molecule has 0 spiro atoms. The van der Waals surface area contributed by atoms with Gasteiger partial charge in [-0.1, -0.05) is 46.3 Å². The van der Waals surface area contributed by atoms with Crippen molar-refractivity contribution in [2.45, 2.75) is 31.7 Å². The molecular weight excluding hydrogens is 412 g/mol. The van der Waals surface area contributed by atoms with Crippen LogP contribution in [0.2, 0.25) is 0 Å². The molecule has 0 radical (unpaired) electrons. The van der Waals surface area contributed by atoms with Crippen LogP contribution in [0.1, 0.15) is 42.9 Å². The summed E-state index contributed by atoms with van der Waals surface area (Å²) in [6, 6.07) is 14.1. The molecule has 1 aliphatic heterocycles. The van der Waals surface area contributed by atoms with Crippen LogP contribution < -0.4 is 0 Å². The molecule has 0 aromatic heterocycles. The third-order valence-corrected chi connectivity index (χ3v) is 4.95. The van der Waals surface area contributed by atoms with E-state index in [1.165, 1.54) is 5.01 Å². The number of hydrazone groups is 1. The van der Waals surface area contributed by atoms with Crippen molar-refractivity contribution in [3.05, 3.63) is 64.1 Å². The van der Waals surface area contributed by atoms with E-state index in [9.17, 15) is 14.7 Å². The van der Waals surface area contributed by atoms with Crippen LogP contribution in [0.4, 0.5) is 0 Å². The number of para-hydroxylation sites is 1. The molecule has 7 heteroatoms. The van der Waals surface area contributed by atoms with Gasteiger partial charge in [0.2, 0.25) is 5.91 Å². The van der Waals surface area contributed by atoms with Crippen molar-refractivity contribution in [1.29, 1.82) is 0 Å². The Kier molecular flexibility index (Phi) is 5.91. The SMILES string of the molecule is O=C(O)CCCC(=O)N1N=C(c2ccc(Br)cc2)CC1c1ccccc1O. The van der Waals surface area contributed by atoms with E-state index in [-0.39, 0.29) is 30.9 Å². The first-order valence-electron chi connectivity index (χ1n) is 8.61. The number of carbonyl (C=O) groups is 2. The highest BCUT2D eigenvalue weighted by molar-refractivity contribution is 9.10. The summed E-state index contributed by atoms with van der Waals surface area (Å²) >= 11 is 3.40. The molecule has 1 atom stereocenters. The van der Waals surface area contributed by atoms with Crippen LogP contribution >= 0.6 is 15.9 Å². The number of phenols is 1. The van der Waals surface area contributed by atoms with Crippen LogP contribution in [0, 0.1) is 0 Å². The van der Waals surface area contributed by atoms with Gasteiger partial charge in [0.1, 0.15) is 5.75 Å². The summed E-state index contributed by atoms with van der Waals surface area (Å²) in [5.74, 6) is -1.07. The Balaban J connectivity index is 1.87. The van der Waals surface area contributed by atoms with Gasteiger partial charge >= 0.3 is 5.97 Å². The Morgan fingerprint density at radius 2 is 1.81 bits per heavy atom. The maximum atomic E-state index is 12.7. The van der Waals surface area contributed by atoms with Crippen LogP contribution in [0.5, 0.6) is 5.75 Å². The lowest BCUT2D eigenvalue weighted by molar-refractivity contribution is -0.137. The molecule has 140 valence electrons. The molecule has 1 aliphatic rings. The number of carbonyl (C=O) groups excluding carboxylic acids is 1. The number of amides is 1. The van der Waals surface area contributed by atoms with E-state index in [2.05, 4.69) is 21.0 Å². The lowest BCUT2D eigenvalue weighted by atomic mass is 9.97. The summed E-state index contributed by atoms with van der Waals surface area (Å²) in [7, 11) is 0. The average Bonchev–Trinajstić information content (AvgIpc) is 3.07. The zero-order valence-electron chi connectivity index (χ0n) is 14.5. The number of phenolic OH excluding ortho intramolecular Hbond substituents is 1. The Morgan fingerprint density at radius 3 is 2.48 bits per heavy atom. The van der Waals surface area contributed by atoms with Crippen molar-refractivity contribution in [1.82, 2.24) is 5.01 Å². The number of rotatable bonds is 6. The maximum absolute atomic E-state index is 12.7. The molecule has 1 heterocycles. The van der Waals surface area contributed by atoms with E-state index in [0.717, 1.165) is 15.7 Å². The van der Waals surface area contributed by atoms with Crippen molar-refractivity contribution in [2.24, 2.45) is 5.10 Å². The zero-order valence-corrected chi connectivity index (χ0v) is 16.1. The molecule has 0 fully saturated rings. The highest BCUT2D eigenvalue weighted by Crippen LogP contribution is 2.37. The van der Waals surface area contributed by atoms with Crippen LogP contribution in [-0.4, -0.2) is 32.8 Å². The summed E-state index contributed by atoms with van der Waals surface area (Å²) in [4.78, 5) is 23.4. The van der Waals surface area contributed by atoms with Gasteiger partial charge in [-0.2, -0.15) is 5.10 Å². The molecule has 0 saturated heterocycles.